The predicted molar refractivity (Wildman–Crippen MR) is 55.7 cm³/mol. The van der Waals surface area contributed by atoms with Gasteiger partial charge in [0.2, 0.25) is 5.91 Å². The Morgan fingerprint density at radius 3 is 3.00 bits per heavy atom. The lowest BCUT2D eigenvalue weighted by Gasteiger charge is -2.07. The van der Waals surface area contributed by atoms with Gasteiger partial charge in [0.05, 0.1) is 21.4 Å². The van der Waals surface area contributed by atoms with Gasteiger partial charge in [0, 0.05) is 12.2 Å². The monoisotopic (exact) mass is 209 g/mol. The number of fused-ring (bicyclic) bond motifs is 1. The van der Waals surface area contributed by atoms with Crippen molar-refractivity contribution < 1.29 is 9.00 Å². The number of amides is 1. The summed E-state index contributed by atoms with van der Waals surface area (Å²) in [4.78, 5) is 12.0. The minimum Gasteiger partial charge on any atom is -0.325 e. The maximum absolute atomic E-state index is 11.8. The molecule has 74 valence electrons. The molecule has 1 amide bonds. The topological polar surface area (TPSA) is 46.2 Å². The van der Waals surface area contributed by atoms with Gasteiger partial charge in [0.1, 0.15) is 0 Å². The number of nitrogens with one attached hydrogen (secondary N) is 1. The molecular weight excluding hydrogens is 198 g/mol. The van der Waals surface area contributed by atoms with Crippen molar-refractivity contribution in [1.29, 1.82) is 0 Å². The predicted octanol–water partition coefficient (Wildman–Crippen LogP) is 1.44. The molecule has 1 aromatic carbocycles. The van der Waals surface area contributed by atoms with Crippen LogP contribution in [0.15, 0.2) is 23.1 Å². The zero-order valence-electron chi connectivity index (χ0n) is 7.87. The van der Waals surface area contributed by atoms with E-state index in [1.54, 1.807) is 6.07 Å². The zero-order chi connectivity index (χ0) is 10.1. The fourth-order valence-corrected chi connectivity index (χ4v) is 2.92. The first-order chi connectivity index (χ1) is 6.68. The second kappa shape index (κ2) is 3.53. The lowest BCUT2D eigenvalue weighted by atomic mass is 10.2. The van der Waals surface area contributed by atoms with Gasteiger partial charge >= 0.3 is 0 Å². The van der Waals surface area contributed by atoms with Crippen LogP contribution in [0.3, 0.4) is 0 Å². The number of hydrogen-bond acceptors (Lipinski definition) is 2. The summed E-state index contributed by atoms with van der Waals surface area (Å²) in [5.74, 6) is 0.367. The number of benzene rings is 1. The van der Waals surface area contributed by atoms with Crippen LogP contribution in [0.5, 0.6) is 0 Å². The first-order valence-corrected chi connectivity index (χ1v) is 5.78. The van der Waals surface area contributed by atoms with E-state index in [0.29, 0.717) is 17.9 Å². The van der Waals surface area contributed by atoms with Crippen molar-refractivity contribution in [3.8, 4) is 0 Å². The van der Waals surface area contributed by atoms with Crippen molar-refractivity contribution in [2.24, 2.45) is 0 Å². The van der Waals surface area contributed by atoms with E-state index in [9.17, 15) is 9.00 Å². The summed E-state index contributed by atoms with van der Waals surface area (Å²) < 4.78 is 11.8. The van der Waals surface area contributed by atoms with Crippen LogP contribution in [0.2, 0.25) is 0 Å². The zero-order valence-corrected chi connectivity index (χ0v) is 8.69. The molecule has 1 unspecified atom stereocenters. The fraction of sp³-hybridized carbons (Fsp3) is 0.300. The molecule has 0 aromatic heterocycles. The lowest BCUT2D eigenvalue weighted by molar-refractivity contribution is -0.115. The van der Waals surface area contributed by atoms with Crippen LogP contribution in [0.25, 0.3) is 0 Å². The lowest BCUT2D eigenvalue weighted by Crippen LogP contribution is -2.10. The third-order valence-electron chi connectivity index (χ3n) is 2.23. The van der Waals surface area contributed by atoms with E-state index < -0.39 is 10.8 Å². The Labute approximate surface area is 85.0 Å². The van der Waals surface area contributed by atoms with Gasteiger partial charge in [0.15, 0.2) is 0 Å². The van der Waals surface area contributed by atoms with Crippen molar-refractivity contribution in [3.63, 3.8) is 0 Å². The molecular formula is C10H11NO2S. The van der Waals surface area contributed by atoms with Crippen LogP contribution in [0, 0.1) is 6.92 Å². The van der Waals surface area contributed by atoms with Gasteiger partial charge in [-0.05, 0) is 18.6 Å². The van der Waals surface area contributed by atoms with Crippen LogP contribution < -0.4 is 5.32 Å². The molecule has 0 fully saturated rings. The molecule has 1 aliphatic rings. The molecule has 0 saturated heterocycles. The minimum absolute atomic E-state index is 0.0531. The quantitative estimate of drug-likeness (QED) is 0.703. The molecule has 1 atom stereocenters. The largest absolute Gasteiger partial charge is 0.325 e. The van der Waals surface area contributed by atoms with Gasteiger partial charge in [-0.2, -0.15) is 0 Å². The van der Waals surface area contributed by atoms with Crippen LogP contribution in [-0.4, -0.2) is 15.9 Å². The summed E-state index contributed by atoms with van der Waals surface area (Å²) >= 11 is 0. The number of carbonyl (C=O) groups excluding carboxylic acids is 1. The van der Waals surface area contributed by atoms with Gasteiger partial charge in [-0.3, -0.25) is 9.00 Å². The van der Waals surface area contributed by atoms with Gasteiger partial charge in [-0.1, -0.05) is 12.1 Å². The Balaban J connectivity index is 2.57. The van der Waals surface area contributed by atoms with Crippen molar-refractivity contribution in [2.45, 2.75) is 18.2 Å². The highest BCUT2D eigenvalue weighted by molar-refractivity contribution is 7.85. The summed E-state index contributed by atoms with van der Waals surface area (Å²) in [6.07, 6.45) is 0.334. The molecule has 0 bridgehead atoms. The summed E-state index contributed by atoms with van der Waals surface area (Å²) in [6, 6.07) is 5.56. The van der Waals surface area contributed by atoms with Crippen molar-refractivity contribution in [2.75, 3.05) is 11.1 Å². The fourth-order valence-electron chi connectivity index (χ4n) is 1.55. The Morgan fingerprint density at radius 2 is 2.21 bits per heavy atom. The Hall–Kier alpha value is -1.16. The smallest absolute Gasteiger partial charge is 0.225 e. The standard InChI is InChI=1S/C10H11NO2S/c1-7-3-2-4-8-10(7)14(13)6-5-9(12)11-8/h2-4H,5-6H2,1H3,(H,11,12). The molecule has 1 heterocycles. The molecule has 1 N–H and O–H groups in total. The number of aryl methyl sites for hydroxylation is 1. The molecule has 2 rings (SSSR count). The molecule has 1 aliphatic heterocycles. The molecule has 3 nitrogen and oxygen atoms in total. The van der Waals surface area contributed by atoms with Crippen molar-refractivity contribution in [3.05, 3.63) is 23.8 Å². The summed E-state index contributed by atoms with van der Waals surface area (Å²) in [6.45, 7) is 1.91. The first kappa shape index (κ1) is 9.40. The van der Waals surface area contributed by atoms with E-state index in [4.69, 9.17) is 0 Å². The highest BCUT2D eigenvalue weighted by Crippen LogP contribution is 2.26. The minimum atomic E-state index is -1.05. The van der Waals surface area contributed by atoms with Gasteiger partial charge < -0.3 is 5.32 Å². The van der Waals surface area contributed by atoms with E-state index in [0.717, 1.165) is 10.5 Å². The van der Waals surface area contributed by atoms with E-state index in [1.165, 1.54) is 0 Å². The number of anilines is 1. The Morgan fingerprint density at radius 1 is 1.43 bits per heavy atom. The molecule has 0 spiro atoms. The average molecular weight is 209 g/mol. The highest BCUT2D eigenvalue weighted by Gasteiger charge is 2.19. The van der Waals surface area contributed by atoms with Gasteiger partial charge in [-0.15, -0.1) is 0 Å². The number of hydrogen-bond donors (Lipinski definition) is 1. The van der Waals surface area contributed by atoms with Crippen LogP contribution in [0.1, 0.15) is 12.0 Å². The molecule has 0 aliphatic carbocycles. The number of rotatable bonds is 0. The molecule has 0 radical (unpaired) electrons. The first-order valence-electron chi connectivity index (χ1n) is 4.46. The average Bonchev–Trinajstić information content (AvgIpc) is 2.27. The maximum atomic E-state index is 11.8. The Kier molecular flexibility index (Phi) is 2.37. The molecule has 0 saturated carbocycles. The van der Waals surface area contributed by atoms with E-state index >= 15 is 0 Å². The summed E-state index contributed by atoms with van der Waals surface area (Å²) in [5.41, 5.74) is 1.67. The second-order valence-electron chi connectivity index (χ2n) is 3.30. The molecule has 1 aromatic rings. The van der Waals surface area contributed by atoms with Crippen LogP contribution in [-0.2, 0) is 15.6 Å². The number of carbonyl (C=O) groups is 1. The second-order valence-corrected chi connectivity index (χ2v) is 4.81. The Bertz CT molecular complexity index is 415. The SMILES string of the molecule is Cc1cccc2c1S(=O)CCC(=O)N2. The normalized spacial score (nSPS) is 20.9. The summed E-state index contributed by atoms with van der Waals surface area (Å²) in [7, 11) is -1.05. The third kappa shape index (κ3) is 1.57. The van der Waals surface area contributed by atoms with E-state index in [-0.39, 0.29) is 5.91 Å². The van der Waals surface area contributed by atoms with E-state index in [1.807, 2.05) is 19.1 Å². The van der Waals surface area contributed by atoms with Crippen molar-refractivity contribution >= 4 is 22.4 Å². The highest BCUT2D eigenvalue weighted by atomic mass is 32.2. The van der Waals surface area contributed by atoms with Crippen molar-refractivity contribution in [1.82, 2.24) is 0 Å². The molecule has 14 heavy (non-hydrogen) atoms. The van der Waals surface area contributed by atoms with E-state index in [2.05, 4.69) is 5.32 Å². The molecule has 4 heteroatoms. The van der Waals surface area contributed by atoms with Crippen LogP contribution >= 0.6 is 0 Å². The van der Waals surface area contributed by atoms with Gasteiger partial charge in [-0.25, -0.2) is 0 Å². The third-order valence-corrected chi connectivity index (χ3v) is 3.80. The van der Waals surface area contributed by atoms with Crippen LogP contribution in [0.4, 0.5) is 5.69 Å². The maximum Gasteiger partial charge on any atom is 0.225 e. The van der Waals surface area contributed by atoms with Gasteiger partial charge in [0.25, 0.3) is 0 Å². The summed E-state index contributed by atoms with van der Waals surface area (Å²) in [5, 5.41) is 2.76.